The van der Waals surface area contributed by atoms with E-state index in [9.17, 15) is 4.79 Å². The second-order valence-corrected chi connectivity index (χ2v) is 8.63. The third kappa shape index (κ3) is 2.20. The van der Waals surface area contributed by atoms with E-state index in [1.54, 1.807) is 0 Å². The maximum absolute atomic E-state index is 13.0. The molecule has 2 saturated heterocycles. The van der Waals surface area contributed by atoms with E-state index in [-0.39, 0.29) is 5.41 Å². The van der Waals surface area contributed by atoms with Crippen LogP contribution in [0.2, 0.25) is 0 Å². The monoisotopic (exact) mass is 264 g/mol. The van der Waals surface area contributed by atoms with E-state index in [0.29, 0.717) is 22.8 Å². The fourth-order valence-corrected chi connectivity index (χ4v) is 5.04. The van der Waals surface area contributed by atoms with Gasteiger partial charge >= 0.3 is 0 Å². The summed E-state index contributed by atoms with van der Waals surface area (Å²) in [5.74, 6) is 0.406. The topological polar surface area (TPSA) is 32.3 Å². The molecular formula is C16H28N2O. The molecule has 0 spiro atoms. The summed E-state index contributed by atoms with van der Waals surface area (Å²) in [6, 6.07) is 0.485. The molecule has 1 aliphatic carbocycles. The zero-order chi connectivity index (χ0) is 13.9. The Hall–Kier alpha value is -0.570. The lowest BCUT2D eigenvalue weighted by Crippen LogP contribution is -2.46. The van der Waals surface area contributed by atoms with Crippen molar-refractivity contribution in [1.29, 1.82) is 0 Å². The highest BCUT2D eigenvalue weighted by molar-refractivity contribution is 5.83. The Morgan fingerprint density at radius 1 is 1.21 bits per heavy atom. The van der Waals surface area contributed by atoms with E-state index < -0.39 is 0 Å². The van der Waals surface area contributed by atoms with Crippen molar-refractivity contribution in [2.75, 3.05) is 19.6 Å². The van der Waals surface area contributed by atoms with Gasteiger partial charge in [-0.05, 0) is 50.0 Å². The highest BCUT2D eigenvalue weighted by Gasteiger charge is 2.53. The second kappa shape index (κ2) is 3.97. The number of hydrogen-bond acceptors (Lipinski definition) is 2. The van der Waals surface area contributed by atoms with Crippen LogP contribution in [-0.2, 0) is 4.79 Å². The second-order valence-electron chi connectivity index (χ2n) is 8.63. The molecule has 3 atom stereocenters. The molecule has 3 nitrogen and oxygen atoms in total. The normalized spacial score (nSPS) is 44.6. The lowest BCUT2D eigenvalue weighted by atomic mass is 9.65. The van der Waals surface area contributed by atoms with E-state index in [1.807, 2.05) is 0 Å². The highest BCUT2D eigenvalue weighted by Crippen LogP contribution is 2.53. The van der Waals surface area contributed by atoms with E-state index in [2.05, 4.69) is 37.9 Å². The van der Waals surface area contributed by atoms with E-state index >= 15 is 0 Å². The Labute approximate surface area is 117 Å². The summed E-state index contributed by atoms with van der Waals surface area (Å²) in [6.45, 7) is 12.1. The maximum Gasteiger partial charge on any atom is 0.230 e. The summed E-state index contributed by atoms with van der Waals surface area (Å²) >= 11 is 0. The van der Waals surface area contributed by atoms with Crippen molar-refractivity contribution < 1.29 is 4.79 Å². The fourth-order valence-electron chi connectivity index (χ4n) is 5.04. The van der Waals surface area contributed by atoms with Gasteiger partial charge in [0.15, 0.2) is 0 Å². The van der Waals surface area contributed by atoms with E-state index in [4.69, 9.17) is 0 Å². The molecule has 3 heteroatoms. The van der Waals surface area contributed by atoms with Gasteiger partial charge in [0.2, 0.25) is 5.91 Å². The van der Waals surface area contributed by atoms with Crippen LogP contribution in [-0.4, -0.2) is 36.5 Å². The number of nitrogens with one attached hydrogen (secondary N) is 1. The van der Waals surface area contributed by atoms with Crippen molar-refractivity contribution in [1.82, 2.24) is 10.2 Å². The largest absolute Gasteiger partial charge is 0.339 e. The van der Waals surface area contributed by atoms with Crippen LogP contribution in [0.15, 0.2) is 0 Å². The summed E-state index contributed by atoms with van der Waals surface area (Å²) in [7, 11) is 0. The summed E-state index contributed by atoms with van der Waals surface area (Å²) in [5.41, 5.74) is 0.587. The number of hydrogen-bond donors (Lipinski definition) is 1. The maximum atomic E-state index is 13.0. The number of nitrogens with zero attached hydrogens (tertiary/aromatic N) is 1. The van der Waals surface area contributed by atoms with Gasteiger partial charge in [-0.1, -0.05) is 20.8 Å². The minimum Gasteiger partial charge on any atom is -0.339 e. The smallest absolute Gasteiger partial charge is 0.230 e. The van der Waals surface area contributed by atoms with Crippen LogP contribution in [0.25, 0.3) is 0 Å². The molecule has 1 amide bonds. The Morgan fingerprint density at radius 2 is 1.95 bits per heavy atom. The molecule has 0 aromatic heterocycles. The molecule has 2 heterocycles. The minimum absolute atomic E-state index is 0.155. The molecule has 3 fully saturated rings. The Bertz CT molecular complexity index is 398. The van der Waals surface area contributed by atoms with E-state index in [0.717, 1.165) is 26.1 Å². The Balaban J connectivity index is 1.82. The fraction of sp³-hybridized carbons (Fsp3) is 0.938. The zero-order valence-corrected chi connectivity index (χ0v) is 12.9. The summed E-state index contributed by atoms with van der Waals surface area (Å²) in [5, 5.41) is 3.36. The number of carbonyl (C=O) groups excluding carboxylic acids is 1. The number of likely N-dealkylation sites (tertiary alicyclic amines) is 1. The molecule has 1 saturated carbocycles. The molecule has 19 heavy (non-hydrogen) atoms. The first kappa shape index (κ1) is 13.4. The van der Waals surface area contributed by atoms with Gasteiger partial charge in [-0.25, -0.2) is 0 Å². The molecule has 0 radical (unpaired) electrons. The average molecular weight is 264 g/mol. The first-order valence-electron chi connectivity index (χ1n) is 7.75. The van der Waals surface area contributed by atoms with Gasteiger partial charge in [0, 0.05) is 19.1 Å². The third-order valence-electron chi connectivity index (χ3n) is 5.56. The number of fused-ring (bicyclic) bond motifs is 2. The minimum atomic E-state index is -0.155. The lowest BCUT2D eigenvalue weighted by molar-refractivity contribution is -0.141. The van der Waals surface area contributed by atoms with Crippen LogP contribution in [0.3, 0.4) is 0 Å². The SMILES string of the molecule is CC1(C)CC2CC(C)(CN2C(=O)C2(C)CCNC2)C1. The summed E-state index contributed by atoms with van der Waals surface area (Å²) in [6.07, 6.45) is 4.65. The van der Waals surface area contributed by atoms with Crippen molar-refractivity contribution in [3.63, 3.8) is 0 Å². The van der Waals surface area contributed by atoms with Gasteiger partial charge in [-0.3, -0.25) is 4.79 Å². The molecule has 108 valence electrons. The van der Waals surface area contributed by atoms with Crippen LogP contribution in [0.1, 0.15) is 53.4 Å². The van der Waals surface area contributed by atoms with Crippen molar-refractivity contribution in [2.24, 2.45) is 16.2 Å². The molecule has 3 rings (SSSR count). The number of amides is 1. The molecule has 2 aliphatic heterocycles. The highest BCUT2D eigenvalue weighted by atomic mass is 16.2. The first-order valence-corrected chi connectivity index (χ1v) is 7.75. The van der Waals surface area contributed by atoms with Crippen LogP contribution < -0.4 is 5.32 Å². The van der Waals surface area contributed by atoms with Crippen LogP contribution >= 0.6 is 0 Å². The van der Waals surface area contributed by atoms with Crippen molar-refractivity contribution >= 4 is 5.91 Å². The van der Waals surface area contributed by atoms with Crippen LogP contribution in [0.5, 0.6) is 0 Å². The van der Waals surface area contributed by atoms with Gasteiger partial charge in [0.1, 0.15) is 0 Å². The van der Waals surface area contributed by atoms with E-state index in [1.165, 1.54) is 19.3 Å². The van der Waals surface area contributed by atoms with Gasteiger partial charge in [0.05, 0.1) is 5.41 Å². The summed E-state index contributed by atoms with van der Waals surface area (Å²) < 4.78 is 0. The van der Waals surface area contributed by atoms with Crippen LogP contribution in [0, 0.1) is 16.2 Å². The zero-order valence-electron chi connectivity index (χ0n) is 12.9. The van der Waals surface area contributed by atoms with Crippen LogP contribution in [0.4, 0.5) is 0 Å². The Kier molecular flexibility index (Phi) is 2.80. The van der Waals surface area contributed by atoms with Gasteiger partial charge in [0.25, 0.3) is 0 Å². The molecule has 3 aliphatic rings. The number of rotatable bonds is 1. The molecule has 0 aromatic rings. The molecule has 0 aromatic carbocycles. The quantitative estimate of drug-likeness (QED) is 0.789. The lowest BCUT2D eigenvalue weighted by Gasteiger charge is -2.40. The molecule has 2 bridgehead atoms. The van der Waals surface area contributed by atoms with Crippen molar-refractivity contribution in [3.05, 3.63) is 0 Å². The predicted molar refractivity (Wildman–Crippen MR) is 76.8 cm³/mol. The van der Waals surface area contributed by atoms with Gasteiger partial charge < -0.3 is 10.2 Å². The van der Waals surface area contributed by atoms with Gasteiger partial charge in [-0.2, -0.15) is 0 Å². The molecule has 3 unspecified atom stereocenters. The third-order valence-corrected chi connectivity index (χ3v) is 5.56. The number of carbonyl (C=O) groups is 1. The molecule has 1 N–H and O–H groups in total. The molecular weight excluding hydrogens is 236 g/mol. The first-order chi connectivity index (χ1) is 8.73. The van der Waals surface area contributed by atoms with Gasteiger partial charge in [-0.15, -0.1) is 0 Å². The summed E-state index contributed by atoms with van der Waals surface area (Å²) in [4.78, 5) is 15.2. The predicted octanol–water partition coefficient (Wildman–Crippen LogP) is 2.41. The van der Waals surface area contributed by atoms with Crippen molar-refractivity contribution in [3.8, 4) is 0 Å². The average Bonchev–Trinajstić information content (AvgIpc) is 2.79. The standard InChI is InChI=1S/C16H28N2O/c1-14(2)7-12-8-15(3,9-14)11-18(12)13(19)16(4)5-6-17-10-16/h12,17H,5-11H2,1-4H3. The Morgan fingerprint density at radius 3 is 2.58 bits per heavy atom. The van der Waals surface area contributed by atoms with Crippen molar-refractivity contribution in [2.45, 2.75) is 59.4 Å².